The Hall–Kier alpha value is -2.81. The average molecular weight is 439 g/mol. The first kappa shape index (κ1) is 19.2. The van der Waals surface area contributed by atoms with Crippen LogP contribution in [0.25, 0.3) is 20.8 Å². The Morgan fingerprint density at radius 3 is 2.77 bits per heavy atom. The highest BCUT2D eigenvalue weighted by Crippen LogP contribution is 2.37. The van der Waals surface area contributed by atoms with Crippen molar-refractivity contribution in [1.82, 2.24) is 25.3 Å². The lowest BCUT2D eigenvalue weighted by Crippen LogP contribution is -2.28. The summed E-state index contributed by atoms with van der Waals surface area (Å²) in [6, 6.07) is 13.3. The number of nitrogens with one attached hydrogen (secondary N) is 2. The van der Waals surface area contributed by atoms with Crippen molar-refractivity contribution in [3.63, 3.8) is 0 Å². The van der Waals surface area contributed by atoms with E-state index in [4.69, 9.17) is 11.6 Å². The molecule has 0 saturated carbocycles. The molecule has 1 saturated heterocycles. The molecule has 1 aliphatic rings. The van der Waals surface area contributed by atoms with Crippen LogP contribution >= 0.6 is 22.9 Å². The van der Waals surface area contributed by atoms with E-state index in [0.717, 1.165) is 41.0 Å². The molecule has 152 valence electrons. The summed E-state index contributed by atoms with van der Waals surface area (Å²) in [7, 11) is 0. The Labute approximate surface area is 182 Å². The first-order valence-corrected chi connectivity index (χ1v) is 11.0. The predicted molar refractivity (Wildman–Crippen MR) is 119 cm³/mol. The van der Waals surface area contributed by atoms with Crippen molar-refractivity contribution in [3.8, 4) is 16.3 Å². The zero-order chi connectivity index (χ0) is 20.5. The van der Waals surface area contributed by atoms with Gasteiger partial charge in [0.2, 0.25) is 11.2 Å². The van der Waals surface area contributed by atoms with Crippen LogP contribution in [0.2, 0.25) is 5.28 Å². The van der Waals surface area contributed by atoms with Crippen molar-refractivity contribution in [3.05, 3.63) is 53.6 Å². The maximum atomic E-state index is 10.6. The second-order valence-electron chi connectivity index (χ2n) is 7.13. The van der Waals surface area contributed by atoms with Gasteiger partial charge < -0.3 is 15.7 Å². The molecule has 9 heteroatoms. The number of phenolic OH excluding ortho intramolecular Hbond substituents is 1. The van der Waals surface area contributed by atoms with Gasteiger partial charge in [-0.15, -0.1) is 11.3 Å². The summed E-state index contributed by atoms with van der Waals surface area (Å²) in [4.78, 5) is 17.6. The summed E-state index contributed by atoms with van der Waals surface area (Å²) in [5, 5.41) is 18.0. The zero-order valence-corrected chi connectivity index (χ0v) is 17.5. The van der Waals surface area contributed by atoms with Gasteiger partial charge in [-0.25, -0.2) is 9.97 Å². The number of aromatic hydroxyl groups is 1. The molecular weight excluding hydrogens is 420 g/mol. The lowest BCUT2D eigenvalue weighted by molar-refractivity contribution is 0.397. The fourth-order valence-corrected chi connectivity index (χ4v) is 4.72. The zero-order valence-electron chi connectivity index (χ0n) is 16.0. The Kier molecular flexibility index (Phi) is 5.20. The third kappa shape index (κ3) is 3.94. The molecule has 2 aromatic carbocycles. The van der Waals surface area contributed by atoms with E-state index in [1.54, 1.807) is 17.4 Å². The van der Waals surface area contributed by atoms with E-state index in [1.807, 2.05) is 36.4 Å². The predicted octanol–water partition coefficient (Wildman–Crippen LogP) is 5.07. The summed E-state index contributed by atoms with van der Waals surface area (Å²) < 4.78 is 1.08. The maximum absolute atomic E-state index is 10.6. The summed E-state index contributed by atoms with van der Waals surface area (Å²) in [6.45, 7) is 0.942. The summed E-state index contributed by atoms with van der Waals surface area (Å²) in [6.07, 6.45) is 3.25. The highest BCUT2D eigenvalue weighted by Gasteiger charge is 2.19. The minimum Gasteiger partial charge on any atom is -0.507 e. The van der Waals surface area contributed by atoms with Crippen LogP contribution in [0.3, 0.4) is 0 Å². The van der Waals surface area contributed by atoms with Gasteiger partial charge in [0.25, 0.3) is 0 Å². The molecule has 1 aliphatic heterocycles. The number of nitrogens with zero attached hydrogens (tertiary/aromatic N) is 4. The Balaban J connectivity index is 1.40. The number of anilines is 2. The molecule has 3 N–H and O–H groups in total. The van der Waals surface area contributed by atoms with Crippen molar-refractivity contribution in [2.75, 3.05) is 11.9 Å². The SMILES string of the molecule is Oc1cc(Nc2nc(Cl)nc(C3CCCCN3)n2)ccc1-c1nc2ccccc2s1. The van der Waals surface area contributed by atoms with Gasteiger partial charge in [-0.2, -0.15) is 9.97 Å². The molecule has 2 aromatic heterocycles. The van der Waals surface area contributed by atoms with Gasteiger partial charge in [-0.1, -0.05) is 18.6 Å². The normalized spacial score (nSPS) is 16.6. The number of thiazole rings is 1. The molecule has 7 nitrogen and oxygen atoms in total. The van der Waals surface area contributed by atoms with Gasteiger partial charge in [0.15, 0.2) is 5.82 Å². The molecule has 1 atom stereocenters. The maximum Gasteiger partial charge on any atom is 0.231 e. The minimum atomic E-state index is 0.0783. The number of halogens is 1. The summed E-state index contributed by atoms with van der Waals surface area (Å²) >= 11 is 7.67. The van der Waals surface area contributed by atoms with Crippen LogP contribution in [0.1, 0.15) is 31.1 Å². The number of piperidine rings is 1. The van der Waals surface area contributed by atoms with Crippen LogP contribution in [0, 0.1) is 0 Å². The second kappa shape index (κ2) is 8.14. The third-order valence-corrected chi connectivity index (χ3v) is 6.26. The van der Waals surface area contributed by atoms with Crippen LogP contribution in [0.15, 0.2) is 42.5 Å². The van der Waals surface area contributed by atoms with E-state index in [1.165, 1.54) is 0 Å². The second-order valence-corrected chi connectivity index (χ2v) is 8.50. The topological polar surface area (TPSA) is 95.8 Å². The van der Waals surface area contributed by atoms with Crippen molar-refractivity contribution >= 4 is 44.8 Å². The van der Waals surface area contributed by atoms with Crippen molar-refractivity contribution in [2.24, 2.45) is 0 Å². The van der Waals surface area contributed by atoms with Gasteiger partial charge in [0, 0.05) is 11.8 Å². The lowest BCUT2D eigenvalue weighted by Gasteiger charge is -2.22. The first-order chi connectivity index (χ1) is 14.7. The molecule has 0 aliphatic carbocycles. The number of hydrogen-bond acceptors (Lipinski definition) is 8. The van der Waals surface area contributed by atoms with Gasteiger partial charge in [-0.05, 0) is 55.3 Å². The highest BCUT2D eigenvalue weighted by atomic mass is 35.5. The summed E-state index contributed by atoms with van der Waals surface area (Å²) in [5.41, 5.74) is 2.26. The quantitative estimate of drug-likeness (QED) is 0.409. The number of hydrogen-bond donors (Lipinski definition) is 3. The van der Waals surface area contributed by atoms with E-state index < -0.39 is 0 Å². The van der Waals surface area contributed by atoms with Crippen LogP contribution in [-0.2, 0) is 0 Å². The molecule has 3 heterocycles. The van der Waals surface area contributed by atoms with Crippen LogP contribution in [0.5, 0.6) is 5.75 Å². The number of phenols is 1. The van der Waals surface area contributed by atoms with Crippen molar-refractivity contribution in [1.29, 1.82) is 0 Å². The van der Waals surface area contributed by atoms with E-state index in [2.05, 4.69) is 30.6 Å². The van der Waals surface area contributed by atoms with Crippen LogP contribution in [0.4, 0.5) is 11.6 Å². The number of aromatic nitrogens is 4. The fourth-order valence-electron chi connectivity index (χ4n) is 3.56. The highest BCUT2D eigenvalue weighted by molar-refractivity contribution is 7.21. The Bertz CT molecular complexity index is 1170. The van der Waals surface area contributed by atoms with E-state index >= 15 is 0 Å². The molecule has 0 bridgehead atoms. The Morgan fingerprint density at radius 2 is 1.97 bits per heavy atom. The van der Waals surface area contributed by atoms with Gasteiger partial charge >= 0.3 is 0 Å². The van der Waals surface area contributed by atoms with Gasteiger partial charge in [-0.3, -0.25) is 0 Å². The van der Waals surface area contributed by atoms with Crippen molar-refractivity contribution < 1.29 is 5.11 Å². The molecule has 0 amide bonds. The van der Waals surface area contributed by atoms with Crippen LogP contribution < -0.4 is 10.6 Å². The lowest BCUT2D eigenvalue weighted by atomic mass is 10.0. The largest absolute Gasteiger partial charge is 0.507 e. The van der Waals surface area contributed by atoms with E-state index in [0.29, 0.717) is 23.0 Å². The van der Waals surface area contributed by atoms with E-state index in [9.17, 15) is 5.11 Å². The first-order valence-electron chi connectivity index (χ1n) is 9.76. The molecule has 5 rings (SSSR count). The number of fused-ring (bicyclic) bond motifs is 1. The Morgan fingerprint density at radius 1 is 1.07 bits per heavy atom. The number of rotatable bonds is 4. The fraction of sp³-hybridized carbons (Fsp3) is 0.238. The molecular formula is C21H19ClN6OS. The monoisotopic (exact) mass is 438 g/mol. The average Bonchev–Trinajstić information content (AvgIpc) is 3.18. The van der Waals surface area contributed by atoms with E-state index in [-0.39, 0.29) is 17.1 Å². The van der Waals surface area contributed by atoms with Crippen molar-refractivity contribution in [2.45, 2.75) is 25.3 Å². The molecule has 1 unspecified atom stereocenters. The molecule has 1 fully saturated rings. The standard InChI is InChI=1S/C21H19ClN6OS/c22-20-26-18(15-6-3-4-10-23-15)27-21(28-20)24-12-8-9-13(16(29)11-12)19-25-14-5-1-2-7-17(14)30-19/h1-2,5,7-9,11,15,23,29H,3-4,6,10H2,(H,24,26,27,28). The molecule has 30 heavy (non-hydrogen) atoms. The van der Waals surface area contributed by atoms with Gasteiger partial charge in [0.1, 0.15) is 10.8 Å². The smallest absolute Gasteiger partial charge is 0.231 e. The number of benzene rings is 2. The third-order valence-electron chi connectivity index (χ3n) is 5.03. The molecule has 0 radical (unpaired) electrons. The number of para-hydroxylation sites is 1. The molecule has 4 aromatic rings. The summed E-state index contributed by atoms with van der Waals surface area (Å²) in [5.74, 6) is 1.12. The molecule has 0 spiro atoms. The van der Waals surface area contributed by atoms with Gasteiger partial charge in [0.05, 0.1) is 21.8 Å². The minimum absolute atomic E-state index is 0.0783. The van der Waals surface area contributed by atoms with Crippen LogP contribution in [-0.4, -0.2) is 31.6 Å².